The van der Waals surface area contributed by atoms with Gasteiger partial charge >= 0.3 is 0 Å². The maximum atomic E-state index is 12.8. The minimum Gasteiger partial charge on any atom is -0.394 e. The van der Waals surface area contributed by atoms with Gasteiger partial charge in [-0.25, -0.2) is 4.39 Å². The Morgan fingerprint density at radius 1 is 1.19 bits per heavy atom. The molecular weight excluding hydrogens is 337 g/mol. The molecular formula is C19H22FN3O3. The normalized spacial score (nSPS) is 12.3. The molecule has 0 saturated carbocycles. The summed E-state index contributed by atoms with van der Waals surface area (Å²) in [6.07, 6.45) is -0.167. The number of carbonyl (C=O) groups is 2. The van der Waals surface area contributed by atoms with E-state index < -0.39 is 0 Å². The van der Waals surface area contributed by atoms with Crippen LogP contribution < -0.4 is 16.0 Å². The van der Waals surface area contributed by atoms with Crippen LogP contribution in [0.15, 0.2) is 42.5 Å². The summed E-state index contributed by atoms with van der Waals surface area (Å²) in [6.45, 7) is 3.98. The number of fused-ring (bicyclic) bond motifs is 1. The lowest BCUT2D eigenvalue weighted by atomic mass is 10.1. The standard InChI is InChI=1S/C16H14FN3O2.C3H8O/c17-12-4-1-10(2-5-12)8-19-16(22)11-3-6-13-14(7-11)20-15(21)9-18-13;1-3(2)4/h1-7,18H,8-9H2,(H,19,22)(H,20,21);3-4H,1-2H3. The Balaban J connectivity index is 0.000000552. The molecule has 2 aromatic carbocycles. The van der Waals surface area contributed by atoms with E-state index in [4.69, 9.17) is 5.11 Å². The molecule has 2 aromatic rings. The van der Waals surface area contributed by atoms with Crippen molar-refractivity contribution in [2.75, 3.05) is 17.2 Å². The largest absolute Gasteiger partial charge is 0.394 e. The van der Waals surface area contributed by atoms with Crippen LogP contribution in [0.25, 0.3) is 0 Å². The lowest BCUT2D eigenvalue weighted by Crippen LogP contribution is -2.28. The third-order valence-electron chi connectivity index (χ3n) is 3.36. The van der Waals surface area contributed by atoms with Crippen LogP contribution in [0, 0.1) is 5.82 Å². The molecule has 1 aliphatic heterocycles. The first-order chi connectivity index (χ1) is 12.3. The molecule has 0 fully saturated rings. The number of anilines is 2. The average Bonchev–Trinajstić information content (AvgIpc) is 2.60. The molecule has 1 aliphatic rings. The van der Waals surface area contributed by atoms with Gasteiger partial charge in [-0.1, -0.05) is 12.1 Å². The Bertz CT molecular complexity index is 773. The topological polar surface area (TPSA) is 90.5 Å². The van der Waals surface area contributed by atoms with Gasteiger partial charge in [0.25, 0.3) is 5.91 Å². The van der Waals surface area contributed by atoms with Crippen LogP contribution in [0.1, 0.15) is 29.8 Å². The number of hydrogen-bond acceptors (Lipinski definition) is 4. The van der Waals surface area contributed by atoms with E-state index in [9.17, 15) is 14.0 Å². The van der Waals surface area contributed by atoms with Gasteiger partial charge in [0, 0.05) is 18.2 Å². The summed E-state index contributed by atoms with van der Waals surface area (Å²) in [4.78, 5) is 23.5. The molecule has 0 aliphatic carbocycles. The van der Waals surface area contributed by atoms with Gasteiger partial charge in [-0.05, 0) is 49.7 Å². The summed E-state index contributed by atoms with van der Waals surface area (Å²) in [7, 11) is 0. The highest BCUT2D eigenvalue weighted by molar-refractivity contribution is 6.03. The number of amides is 2. The van der Waals surface area contributed by atoms with Gasteiger partial charge < -0.3 is 21.1 Å². The van der Waals surface area contributed by atoms with Crippen LogP contribution in [-0.2, 0) is 11.3 Å². The van der Waals surface area contributed by atoms with Crippen molar-refractivity contribution in [1.82, 2.24) is 5.32 Å². The average molecular weight is 359 g/mol. The van der Waals surface area contributed by atoms with Crippen molar-refractivity contribution in [3.8, 4) is 0 Å². The molecule has 0 atom stereocenters. The minimum atomic E-state index is -0.312. The SMILES string of the molecule is CC(C)O.O=C1CNc2ccc(C(=O)NCc3ccc(F)cc3)cc2N1. The van der Waals surface area contributed by atoms with Gasteiger partial charge in [0.1, 0.15) is 5.82 Å². The Morgan fingerprint density at radius 2 is 1.85 bits per heavy atom. The molecule has 4 N–H and O–H groups in total. The number of halogens is 1. The van der Waals surface area contributed by atoms with Crippen LogP contribution in [-0.4, -0.2) is 29.6 Å². The van der Waals surface area contributed by atoms with Gasteiger partial charge in [0.2, 0.25) is 5.91 Å². The van der Waals surface area contributed by atoms with Crippen molar-refractivity contribution >= 4 is 23.2 Å². The summed E-state index contributed by atoms with van der Waals surface area (Å²) < 4.78 is 12.8. The van der Waals surface area contributed by atoms with E-state index in [1.165, 1.54) is 12.1 Å². The first kappa shape index (κ1) is 19.4. The monoisotopic (exact) mass is 359 g/mol. The number of hydrogen-bond donors (Lipinski definition) is 4. The Labute approximate surface area is 151 Å². The Kier molecular flexibility index (Phi) is 6.68. The summed E-state index contributed by atoms with van der Waals surface area (Å²) in [6, 6.07) is 11.0. The fourth-order valence-corrected chi connectivity index (χ4v) is 2.20. The smallest absolute Gasteiger partial charge is 0.251 e. The molecule has 0 radical (unpaired) electrons. The van der Waals surface area contributed by atoms with Crippen molar-refractivity contribution in [3.05, 3.63) is 59.4 Å². The fraction of sp³-hybridized carbons (Fsp3) is 0.263. The van der Waals surface area contributed by atoms with E-state index in [0.29, 0.717) is 17.8 Å². The third kappa shape index (κ3) is 5.86. The summed E-state index contributed by atoms with van der Waals surface area (Å²) in [5, 5.41) is 16.5. The molecule has 2 amide bonds. The zero-order valence-electron chi connectivity index (χ0n) is 14.7. The van der Waals surface area contributed by atoms with E-state index >= 15 is 0 Å². The van der Waals surface area contributed by atoms with E-state index in [1.807, 2.05) is 0 Å². The maximum Gasteiger partial charge on any atom is 0.251 e. The van der Waals surface area contributed by atoms with Crippen molar-refractivity contribution in [2.24, 2.45) is 0 Å². The van der Waals surface area contributed by atoms with E-state index in [0.717, 1.165) is 11.3 Å². The van der Waals surface area contributed by atoms with Gasteiger partial charge in [-0.15, -0.1) is 0 Å². The van der Waals surface area contributed by atoms with E-state index in [-0.39, 0.29) is 30.3 Å². The minimum absolute atomic E-state index is 0.142. The zero-order valence-corrected chi connectivity index (χ0v) is 14.7. The number of carbonyl (C=O) groups excluding carboxylic acids is 2. The first-order valence-electron chi connectivity index (χ1n) is 8.23. The third-order valence-corrected chi connectivity index (χ3v) is 3.36. The fourth-order valence-electron chi connectivity index (χ4n) is 2.20. The van der Waals surface area contributed by atoms with E-state index in [2.05, 4.69) is 16.0 Å². The molecule has 0 bridgehead atoms. The van der Waals surface area contributed by atoms with Crippen molar-refractivity contribution in [3.63, 3.8) is 0 Å². The van der Waals surface area contributed by atoms with Crippen molar-refractivity contribution in [1.29, 1.82) is 0 Å². The Hall–Kier alpha value is -2.93. The quantitative estimate of drug-likeness (QED) is 0.678. The number of nitrogens with one attached hydrogen (secondary N) is 3. The molecule has 0 spiro atoms. The van der Waals surface area contributed by atoms with Crippen LogP contribution in [0.5, 0.6) is 0 Å². The van der Waals surface area contributed by atoms with Crippen molar-refractivity contribution in [2.45, 2.75) is 26.5 Å². The summed E-state index contributed by atoms with van der Waals surface area (Å²) in [5.41, 5.74) is 2.63. The lowest BCUT2D eigenvalue weighted by molar-refractivity contribution is -0.114. The number of aliphatic hydroxyl groups excluding tert-OH is 1. The molecule has 7 heteroatoms. The van der Waals surface area contributed by atoms with Gasteiger partial charge in [-0.3, -0.25) is 9.59 Å². The highest BCUT2D eigenvalue weighted by Gasteiger charge is 2.16. The van der Waals surface area contributed by atoms with Gasteiger partial charge in [0.05, 0.1) is 17.9 Å². The highest BCUT2D eigenvalue weighted by atomic mass is 19.1. The first-order valence-corrected chi connectivity index (χ1v) is 8.23. The number of aliphatic hydroxyl groups is 1. The molecule has 6 nitrogen and oxygen atoms in total. The van der Waals surface area contributed by atoms with Gasteiger partial charge in [0.15, 0.2) is 0 Å². The predicted octanol–water partition coefficient (Wildman–Crippen LogP) is 2.51. The molecule has 0 saturated heterocycles. The Morgan fingerprint density at radius 3 is 2.50 bits per heavy atom. The molecule has 0 unspecified atom stereocenters. The second kappa shape index (κ2) is 8.96. The van der Waals surface area contributed by atoms with E-state index in [1.54, 1.807) is 44.2 Å². The second-order valence-corrected chi connectivity index (χ2v) is 6.06. The predicted molar refractivity (Wildman–Crippen MR) is 98.5 cm³/mol. The molecule has 3 rings (SSSR count). The zero-order chi connectivity index (χ0) is 19.1. The van der Waals surface area contributed by atoms with Crippen molar-refractivity contribution < 1.29 is 19.1 Å². The van der Waals surface area contributed by atoms with Crippen LogP contribution >= 0.6 is 0 Å². The molecule has 26 heavy (non-hydrogen) atoms. The van der Waals surface area contributed by atoms with Crippen LogP contribution in [0.2, 0.25) is 0 Å². The second-order valence-electron chi connectivity index (χ2n) is 6.06. The van der Waals surface area contributed by atoms with Crippen LogP contribution in [0.3, 0.4) is 0 Å². The lowest BCUT2D eigenvalue weighted by Gasteiger charge is -2.19. The molecule has 1 heterocycles. The number of rotatable bonds is 3. The number of benzene rings is 2. The summed E-state index contributed by atoms with van der Waals surface area (Å²) in [5.74, 6) is -0.712. The molecule has 138 valence electrons. The molecule has 0 aromatic heterocycles. The van der Waals surface area contributed by atoms with Crippen LogP contribution in [0.4, 0.5) is 15.8 Å². The summed E-state index contributed by atoms with van der Waals surface area (Å²) >= 11 is 0. The van der Waals surface area contributed by atoms with Gasteiger partial charge in [-0.2, -0.15) is 0 Å². The maximum absolute atomic E-state index is 12.8. The highest BCUT2D eigenvalue weighted by Crippen LogP contribution is 2.25.